The number of nitrogens with zero attached hydrogens (tertiary/aromatic N) is 4. The first kappa shape index (κ1) is 21.6. The first-order valence-corrected chi connectivity index (χ1v) is 11.1. The summed E-state index contributed by atoms with van der Waals surface area (Å²) in [5.74, 6) is -2.28. The van der Waals surface area contributed by atoms with E-state index in [0.717, 1.165) is 11.3 Å². The van der Waals surface area contributed by atoms with E-state index in [4.69, 9.17) is 11.5 Å². The van der Waals surface area contributed by atoms with Crippen molar-refractivity contribution in [3.8, 4) is 0 Å². The molecule has 12 nitrogen and oxygen atoms in total. The summed E-state index contributed by atoms with van der Waals surface area (Å²) >= 11 is 2.39. The quantitative estimate of drug-likeness (QED) is 0.117. The van der Waals surface area contributed by atoms with Gasteiger partial charge in [0.2, 0.25) is 0 Å². The zero-order valence-electron chi connectivity index (χ0n) is 16.3. The van der Waals surface area contributed by atoms with Crippen LogP contribution in [0.3, 0.4) is 0 Å². The lowest BCUT2D eigenvalue weighted by Crippen LogP contribution is -2.71. The van der Waals surface area contributed by atoms with Gasteiger partial charge < -0.3 is 27.1 Å². The van der Waals surface area contributed by atoms with Crippen molar-refractivity contribution in [1.29, 1.82) is 0 Å². The molecule has 2 aromatic heterocycles. The molecule has 0 unspecified atom stereocenters. The highest BCUT2D eigenvalue weighted by Gasteiger charge is 2.54. The van der Waals surface area contributed by atoms with Crippen LogP contribution in [0.4, 0.5) is 10.8 Å². The molecule has 4 heterocycles. The number of thioether (sulfide) groups is 1. The Hall–Kier alpha value is -3.65. The number of nitrogen functional groups attached to an aromatic ring is 2. The van der Waals surface area contributed by atoms with Crippen LogP contribution < -0.4 is 21.4 Å². The minimum Gasteiger partial charge on any atom is -0.477 e. The summed E-state index contributed by atoms with van der Waals surface area (Å²) < 4.78 is 1.74. The van der Waals surface area contributed by atoms with Crippen molar-refractivity contribution in [2.24, 2.45) is 5.16 Å². The molecule has 14 heteroatoms. The summed E-state index contributed by atoms with van der Waals surface area (Å²) in [4.78, 5) is 42.4. The number of β-lactam (4-membered cyclic amide) rings is 1. The number of aliphatic carboxylic acids is 1. The zero-order chi connectivity index (χ0) is 23.0. The van der Waals surface area contributed by atoms with E-state index in [1.165, 1.54) is 22.0 Å². The number of rotatable bonds is 6. The third-order valence-corrected chi connectivity index (χ3v) is 6.88. The predicted molar refractivity (Wildman–Crippen MR) is 116 cm³/mol. The Morgan fingerprint density at radius 2 is 2.19 bits per heavy atom. The number of anilines is 2. The van der Waals surface area contributed by atoms with Crippen LogP contribution in [-0.2, 0) is 20.9 Å². The van der Waals surface area contributed by atoms with E-state index in [2.05, 4.69) is 15.5 Å². The summed E-state index contributed by atoms with van der Waals surface area (Å²) in [7, 11) is 0. The van der Waals surface area contributed by atoms with Gasteiger partial charge in [0.05, 0.1) is 5.69 Å². The molecule has 2 aliphatic rings. The van der Waals surface area contributed by atoms with Gasteiger partial charge in [-0.3, -0.25) is 14.5 Å². The highest BCUT2D eigenvalue weighted by Crippen LogP contribution is 2.40. The van der Waals surface area contributed by atoms with Gasteiger partial charge in [-0.05, 0) is 6.07 Å². The average molecular weight is 477 g/mol. The highest BCUT2D eigenvalue weighted by atomic mass is 32.2. The zero-order valence-corrected chi connectivity index (χ0v) is 18.0. The molecule has 1 fully saturated rings. The van der Waals surface area contributed by atoms with E-state index in [0.29, 0.717) is 17.0 Å². The van der Waals surface area contributed by atoms with Crippen molar-refractivity contribution in [3.05, 3.63) is 46.9 Å². The molecule has 0 aliphatic carbocycles. The standard InChI is InChI=1S/C18H17N7O5S2/c19-9-2-1-3-24(5-9)4-8-6-31-16-12(15(27)25(16)13(8)17(28)29)22-14(26)11(23-30)10-7-32-18(20)21-10/h1-3,5,7,12,16H,4,6,19H2,(H4-,20,21,22,26,28,29,30)/p+1/t12-,16+/m1/s1. The van der Waals surface area contributed by atoms with Crippen molar-refractivity contribution in [3.63, 3.8) is 0 Å². The number of carboxylic acids is 1. The van der Waals surface area contributed by atoms with Gasteiger partial charge in [-0.2, -0.15) is 4.57 Å². The average Bonchev–Trinajstić information content (AvgIpc) is 3.17. The first-order chi connectivity index (χ1) is 15.3. The first-order valence-electron chi connectivity index (χ1n) is 9.19. The summed E-state index contributed by atoms with van der Waals surface area (Å²) in [5.41, 5.74) is 12.0. The molecule has 4 rings (SSSR count). The van der Waals surface area contributed by atoms with Gasteiger partial charge in [0.15, 0.2) is 29.8 Å². The SMILES string of the molecule is Nc1ccc[n+](CC2=C(C(=O)O)N3C(=O)[C@@H](NC(=O)C(=NO)c4csc(N)n4)[C@@H]3SC2)c1. The molecule has 2 amide bonds. The number of aromatic nitrogens is 2. The number of carboxylic acid groups (broad SMARTS) is 1. The number of amides is 2. The molecule has 0 radical (unpaired) electrons. The van der Waals surface area contributed by atoms with Crippen LogP contribution in [0.5, 0.6) is 0 Å². The van der Waals surface area contributed by atoms with E-state index in [9.17, 15) is 24.7 Å². The maximum atomic E-state index is 12.8. The fourth-order valence-electron chi connectivity index (χ4n) is 3.48. The van der Waals surface area contributed by atoms with E-state index in [-0.39, 0.29) is 23.1 Å². The minimum absolute atomic E-state index is 0.0694. The second kappa shape index (κ2) is 8.47. The normalized spacial score (nSPS) is 20.6. The number of carbonyl (C=O) groups excluding carboxylic acids is 2. The van der Waals surface area contributed by atoms with E-state index >= 15 is 0 Å². The maximum absolute atomic E-state index is 12.8. The highest BCUT2D eigenvalue weighted by molar-refractivity contribution is 8.00. The van der Waals surface area contributed by atoms with Gasteiger partial charge in [0.25, 0.3) is 11.8 Å². The molecule has 0 aromatic carbocycles. The number of nitrogens with two attached hydrogens (primary N) is 2. The molecule has 166 valence electrons. The lowest BCUT2D eigenvalue weighted by molar-refractivity contribution is -0.688. The Balaban J connectivity index is 1.53. The van der Waals surface area contributed by atoms with Gasteiger partial charge in [-0.15, -0.1) is 23.1 Å². The van der Waals surface area contributed by atoms with Crippen molar-refractivity contribution in [2.45, 2.75) is 18.0 Å². The number of fused-ring (bicyclic) bond motifs is 1. The van der Waals surface area contributed by atoms with Crippen molar-refractivity contribution in [1.82, 2.24) is 15.2 Å². The molecular formula is C18H18N7O5S2+. The summed E-state index contributed by atoms with van der Waals surface area (Å²) in [6, 6.07) is 2.48. The molecule has 2 aromatic rings. The summed E-state index contributed by atoms with van der Waals surface area (Å²) in [6.07, 6.45) is 3.42. The maximum Gasteiger partial charge on any atom is 0.352 e. The fourth-order valence-corrected chi connectivity index (χ4v) is 5.37. The van der Waals surface area contributed by atoms with E-state index in [1.54, 1.807) is 29.1 Å². The molecule has 0 saturated carbocycles. The summed E-state index contributed by atoms with van der Waals surface area (Å²) in [5, 5.41) is 25.5. The lowest BCUT2D eigenvalue weighted by Gasteiger charge is -2.49. The molecular weight excluding hydrogens is 458 g/mol. The summed E-state index contributed by atoms with van der Waals surface area (Å²) in [6.45, 7) is 0.250. The Morgan fingerprint density at radius 1 is 1.41 bits per heavy atom. The number of oxime groups is 1. The second-order valence-corrected chi connectivity index (χ2v) is 8.94. The van der Waals surface area contributed by atoms with Crippen molar-refractivity contribution >= 4 is 57.4 Å². The molecule has 1 saturated heterocycles. The number of carbonyl (C=O) groups is 3. The lowest BCUT2D eigenvalue weighted by atomic mass is 10.0. The van der Waals surface area contributed by atoms with Gasteiger partial charge in [0.1, 0.15) is 22.8 Å². The minimum atomic E-state index is -1.23. The topological polar surface area (TPSA) is 188 Å². The predicted octanol–water partition coefficient (Wildman–Crippen LogP) is -0.788. The third kappa shape index (κ3) is 3.85. The Labute approximate surface area is 189 Å². The van der Waals surface area contributed by atoms with Crippen LogP contribution in [0, 0.1) is 0 Å². The monoisotopic (exact) mass is 476 g/mol. The molecule has 0 spiro atoms. The van der Waals surface area contributed by atoms with Crippen LogP contribution in [-0.4, -0.2) is 60.9 Å². The molecule has 2 aliphatic heterocycles. The van der Waals surface area contributed by atoms with Gasteiger partial charge >= 0.3 is 5.97 Å². The second-order valence-electron chi connectivity index (χ2n) is 6.95. The number of thiazole rings is 1. The van der Waals surface area contributed by atoms with Gasteiger partial charge in [-0.1, -0.05) is 5.16 Å². The van der Waals surface area contributed by atoms with Crippen molar-refractivity contribution < 1.29 is 29.3 Å². The molecule has 0 bridgehead atoms. The van der Waals surface area contributed by atoms with Gasteiger partial charge in [-0.25, -0.2) is 9.78 Å². The van der Waals surface area contributed by atoms with E-state index < -0.39 is 34.9 Å². The van der Waals surface area contributed by atoms with Crippen LogP contribution in [0.15, 0.2) is 46.3 Å². The number of hydrogen-bond donors (Lipinski definition) is 5. The van der Waals surface area contributed by atoms with Crippen LogP contribution in [0.1, 0.15) is 5.69 Å². The smallest absolute Gasteiger partial charge is 0.352 e. The van der Waals surface area contributed by atoms with E-state index in [1.807, 2.05) is 0 Å². The van der Waals surface area contributed by atoms with Crippen LogP contribution >= 0.6 is 23.1 Å². The van der Waals surface area contributed by atoms with Crippen LogP contribution in [0.2, 0.25) is 0 Å². The largest absolute Gasteiger partial charge is 0.477 e. The van der Waals surface area contributed by atoms with Crippen LogP contribution in [0.25, 0.3) is 0 Å². The Morgan fingerprint density at radius 3 is 2.81 bits per heavy atom. The molecule has 32 heavy (non-hydrogen) atoms. The molecule has 7 N–H and O–H groups in total. The Kier molecular flexibility index (Phi) is 5.71. The van der Waals surface area contributed by atoms with Gasteiger partial charge in [0, 0.05) is 22.8 Å². The van der Waals surface area contributed by atoms with Crippen molar-refractivity contribution in [2.75, 3.05) is 17.2 Å². The fraction of sp³-hybridized carbons (Fsp3) is 0.222. The third-order valence-electron chi connectivity index (χ3n) is 4.87. The number of pyridine rings is 1. The molecule has 2 atom stereocenters. The number of nitrogens with one attached hydrogen (secondary N) is 1. The number of hydrogen-bond acceptors (Lipinski definition) is 10. The Bertz CT molecular complexity index is 1180.